The summed E-state index contributed by atoms with van der Waals surface area (Å²) in [5, 5.41) is 21.9. The zero-order chi connectivity index (χ0) is 14.9. The van der Waals surface area contributed by atoms with Crippen molar-refractivity contribution < 1.29 is 15.0 Å². The van der Waals surface area contributed by atoms with Crippen LogP contribution in [0.4, 0.5) is 11.4 Å². The van der Waals surface area contributed by atoms with Crippen LogP contribution in [0, 0.1) is 13.8 Å². The minimum atomic E-state index is -0.927. The number of hydrogen-bond donors (Lipinski definition) is 3. The number of carbonyl (C=O) groups is 1. The van der Waals surface area contributed by atoms with Crippen LogP contribution in [0.1, 0.15) is 24.5 Å². The number of β-amino-alcohol motifs (C(OH)–C–C–N with tert-alkyl or cyclic N) is 1. The Morgan fingerprint density at radius 1 is 1.35 bits per heavy atom. The smallest absolute Gasteiger partial charge is 0.249 e. The molecule has 1 aromatic carbocycles. The van der Waals surface area contributed by atoms with Crippen molar-refractivity contribution in [2.45, 2.75) is 39.3 Å². The number of fused-ring (bicyclic) bond motifs is 1. The standard InChI is InChI=1S/C15H22N2O3/c1-4-12-15(20)17(7-11(19)8-18)14-6-10(3)9(2)5-13(14)16-12/h5-6,11-12,16,18-19H,4,7-8H2,1-3H3. The molecular weight excluding hydrogens is 256 g/mol. The lowest BCUT2D eigenvalue weighted by Crippen LogP contribution is -2.50. The summed E-state index contributed by atoms with van der Waals surface area (Å²) in [6.07, 6.45) is -0.249. The van der Waals surface area contributed by atoms with Crippen LogP contribution >= 0.6 is 0 Å². The number of carbonyl (C=O) groups excluding carboxylic acids is 1. The normalized spacial score (nSPS) is 19.6. The number of rotatable bonds is 4. The van der Waals surface area contributed by atoms with E-state index in [4.69, 9.17) is 5.11 Å². The summed E-state index contributed by atoms with van der Waals surface area (Å²) in [7, 11) is 0. The van der Waals surface area contributed by atoms with Crippen LogP contribution in [0.2, 0.25) is 0 Å². The maximum absolute atomic E-state index is 12.4. The van der Waals surface area contributed by atoms with Crippen molar-refractivity contribution in [2.24, 2.45) is 0 Å². The van der Waals surface area contributed by atoms with Crippen molar-refractivity contribution in [3.05, 3.63) is 23.3 Å². The minimum absolute atomic E-state index is 0.0595. The number of nitrogens with zero attached hydrogens (tertiary/aromatic N) is 1. The van der Waals surface area contributed by atoms with Gasteiger partial charge in [-0.05, 0) is 43.5 Å². The number of hydrogen-bond acceptors (Lipinski definition) is 4. The maximum atomic E-state index is 12.4. The summed E-state index contributed by atoms with van der Waals surface area (Å²) < 4.78 is 0. The van der Waals surface area contributed by atoms with Crippen molar-refractivity contribution in [3.8, 4) is 0 Å². The second-order valence-electron chi connectivity index (χ2n) is 5.34. The first-order chi connectivity index (χ1) is 9.47. The zero-order valence-corrected chi connectivity index (χ0v) is 12.2. The van der Waals surface area contributed by atoms with Gasteiger partial charge in [0.1, 0.15) is 6.04 Å². The van der Waals surface area contributed by atoms with Crippen LogP contribution < -0.4 is 10.2 Å². The number of benzene rings is 1. The van der Waals surface area contributed by atoms with Gasteiger partial charge in [0, 0.05) is 0 Å². The molecule has 5 heteroatoms. The van der Waals surface area contributed by atoms with Gasteiger partial charge in [0.25, 0.3) is 0 Å². The van der Waals surface area contributed by atoms with Gasteiger partial charge in [0.15, 0.2) is 0 Å². The lowest BCUT2D eigenvalue weighted by atomic mass is 10.0. The number of nitrogens with one attached hydrogen (secondary N) is 1. The predicted octanol–water partition coefficient (Wildman–Crippen LogP) is 1.19. The average Bonchev–Trinajstić information content (AvgIpc) is 2.43. The SMILES string of the molecule is CCC1Nc2cc(C)c(C)cc2N(CC(O)CO)C1=O. The molecule has 1 aliphatic rings. The Morgan fingerprint density at radius 3 is 2.60 bits per heavy atom. The fourth-order valence-electron chi connectivity index (χ4n) is 2.43. The second kappa shape index (κ2) is 5.81. The lowest BCUT2D eigenvalue weighted by molar-refractivity contribution is -0.120. The van der Waals surface area contributed by atoms with Crippen molar-refractivity contribution in [1.82, 2.24) is 0 Å². The first kappa shape index (κ1) is 14.8. The molecular formula is C15H22N2O3. The Balaban J connectivity index is 2.44. The molecule has 0 saturated carbocycles. The minimum Gasteiger partial charge on any atom is -0.394 e. The number of aliphatic hydroxyl groups excluding tert-OH is 2. The lowest BCUT2D eigenvalue weighted by Gasteiger charge is -2.36. The zero-order valence-electron chi connectivity index (χ0n) is 12.2. The summed E-state index contributed by atoms with van der Waals surface area (Å²) in [5.74, 6) is -0.0595. The fraction of sp³-hybridized carbons (Fsp3) is 0.533. The molecule has 2 rings (SSSR count). The molecule has 3 N–H and O–H groups in total. The van der Waals surface area contributed by atoms with E-state index in [-0.39, 0.29) is 25.1 Å². The van der Waals surface area contributed by atoms with Gasteiger partial charge in [-0.1, -0.05) is 6.92 Å². The summed E-state index contributed by atoms with van der Waals surface area (Å²) in [4.78, 5) is 14.0. The van der Waals surface area contributed by atoms with Crippen LogP contribution in [0.15, 0.2) is 12.1 Å². The van der Waals surface area contributed by atoms with Crippen molar-refractivity contribution >= 4 is 17.3 Å². The van der Waals surface area contributed by atoms with E-state index >= 15 is 0 Å². The molecule has 0 aromatic heterocycles. The second-order valence-corrected chi connectivity index (χ2v) is 5.34. The van der Waals surface area contributed by atoms with Crippen LogP contribution in [-0.2, 0) is 4.79 Å². The molecule has 1 aliphatic heterocycles. The molecule has 0 fully saturated rings. The third-order valence-electron chi connectivity index (χ3n) is 3.81. The van der Waals surface area contributed by atoms with E-state index in [1.807, 2.05) is 32.9 Å². The van der Waals surface area contributed by atoms with E-state index in [1.165, 1.54) is 0 Å². The van der Waals surface area contributed by atoms with Crippen molar-refractivity contribution in [3.63, 3.8) is 0 Å². The van der Waals surface area contributed by atoms with Gasteiger partial charge >= 0.3 is 0 Å². The molecule has 20 heavy (non-hydrogen) atoms. The fourth-order valence-corrected chi connectivity index (χ4v) is 2.43. The highest BCUT2D eigenvalue weighted by atomic mass is 16.3. The van der Waals surface area contributed by atoms with Gasteiger partial charge in [-0.3, -0.25) is 4.79 Å². The van der Waals surface area contributed by atoms with E-state index in [9.17, 15) is 9.90 Å². The quantitative estimate of drug-likeness (QED) is 0.773. The Hall–Kier alpha value is -1.59. The highest BCUT2D eigenvalue weighted by Gasteiger charge is 2.32. The van der Waals surface area contributed by atoms with Gasteiger partial charge < -0.3 is 20.4 Å². The largest absolute Gasteiger partial charge is 0.394 e. The Bertz CT molecular complexity index is 516. The van der Waals surface area contributed by atoms with Gasteiger partial charge in [-0.25, -0.2) is 0 Å². The molecule has 110 valence electrons. The van der Waals surface area contributed by atoms with Crippen LogP contribution in [0.25, 0.3) is 0 Å². The third kappa shape index (κ3) is 2.64. The molecule has 1 amide bonds. The number of aliphatic hydroxyl groups is 2. The molecule has 1 heterocycles. The van der Waals surface area contributed by atoms with Crippen molar-refractivity contribution in [2.75, 3.05) is 23.4 Å². The van der Waals surface area contributed by atoms with Crippen LogP contribution in [-0.4, -0.2) is 41.4 Å². The maximum Gasteiger partial charge on any atom is 0.249 e. The summed E-state index contributed by atoms with van der Waals surface area (Å²) in [5.41, 5.74) is 3.93. The number of aryl methyl sites for hydroxylation is 2. The van der Waals surface area contributed by atoms with Gasteiger partial charge in [-0.2, -0.15) is 0 Å². The molecule has 2 unspecified atom stereocenters. The van der Waals surface area contributed by atoms with Crippen LogP contribution in [0.3, 0.4) is 0 Å². The summed E-state index contributed by atoms with van der Waals surface area (Å²) in [6.45, 7) is 5.73. The van der Waals surface area contributed by atoms with E-state index in [0.717, 1.165) is 22.5 Å². The monoisotopic (exact) mass is 278 g/mol. The number of anilines is 2. The van der Waals surface area contributed by atoms with E-state index in [1.54, 1.807) is 4.90 Å². The molecule has 5 nitrogen and oxygen atoms in total. The number of amides is 1. The van der Waals surface area contributed by atoms with E-state index in [0.29, 0.717) is 6.42 Å². The van der Waals surface area contributed by atoms with E-state index < -0.39 is 6.10 Å². The first-order valence-corrected chi connectivity index (χ1v) is 6.96. The molecule has 0 bridgehead atoms. The highest BCUT2D eigenvalue weighted by molar-refractivity contribution is 6.05. The molecule has 2 atom stereocenters. The van der Waals surface area contributed by atoms with Gasteiger partial charge in [-0.15, -0.1) is 0 Å². The Labute approximate surface area is 119 Å². The summed E-state index contributed by atoms with van der Waals surface area (Å²) in [6, 6.07) is 3.69. The first-order valence-electron chi connectivity index (χ1n) is 6.96. The summed E-state index contributed by atoms with van der Waals surface area (Å²) >= 11 is 0. The molecule has 0 radical (unpaired) electrons. The molecule has 0 aliphatic carbocycles. The highest BCUT2D eigenvalue weighted by Crippen LogP contribution is 2.34. The Kier molecular flexibility index (Phi) is 4.30. The molecule has 1 aromatic rings. The molecule has 0 saturated heterocycles. The average molecular weight is 278 g/mol. The van der Waals surface area contributed by atoms with Gasteiger partial charge in [0.2, 0.25) is 5.91 Å². The predicted molar refractivity (Wildman–Crippen MR) is 79.1 cm³/mol. The van der Waals surface area contributed by atoms with E-state index in [2.05, 4.69) is 5.32 Å². The van der Waals surface area contributed by atoms with Crippen LogP contribution in [0.5, 0.6) is 0 Å². The van der Waals surface area contributed by atoms with Gasteiger partial charge in [0.05, 0.1) is 30.6 Å². The topological polar surface area (TPSA) is 72.8 Å². The van der Waals surface area contributed by atoms with Crippen molar-refractivity contribution in [1.29, 1.82) is 0 Å². The Morgan fingerprint density at radius 2 is 2.00 bits per heavy atom. The molecule has 0 spiro atoms. The third-order valence-corrected chi connectivity index (χ3v) is 3.81.